The monoisotopic (exact) mass is 279 g/mol. The van der Waals surface area contributed by atoms with Crippen LogP contribution in [0.3, 0.4) is 0 Å². The Labute approximate surface area is 110 Å². The van der Waals surface area contributed by atoms with Gasteiger partial charge in [0.2, 0.25) is 4.96 Å². The molecule has 92 valence electrons. The Kier molecular flexibility index (Phi) is 2.64. The second-order valence-electron chi connectivity index (χ2n) is 3.79. The van der Waals surface area contributed by atoms with Gasteiger partial charge in [-0.15, -0.1) is 11.3 Å². The lowest BCUT2D eigenvalue weighted by molar-refractivity contribution is -0.136. The molecule has 3 rings (SSSR count). The van der Waals surface area contributed by atoms with Crippen molar-refractivity contribution < 1.29 is 9.90 Å². The molecule has 5 nitrogen and oxygen atoms in total. The first-order chi connectivity index (χ1) is 8.65. The minimum Gasteiger partial charge on any atom is -0.481 e. The molecule has 0 radical (unpaired) electrons. The van der Waals surface area contributed by atoms with E-state index in [1.54, 1.807) is 15.9 Å². The van der Waals surface area contributed by atoms with Gasteiger partial charge >= 0.3 is 5.97 Å². The van der Waals surface area contributed by atoms with Gasteiger partial charge in [-0.25, -0.2) is 9.50 Å². The summed E-state index contributed by atoms with van der Waals surface area (Å²) in [6.45, 7) is 1.81. The third-order valence-electron chi connectivity index (χ3n) is 2.55. The molecule has 1 N–H and O–H groups in total. The predicted octanol–water partition coefficient (Wildman–Crippen LogP) is 2.45. The van der Waals surface area contributed by atoms with E-state index in [4.69, 9.17) is 5.11 Å². The molecular weight excluding hydrogens is 270 g/mol. The molecule has 0 saturated heterocycles. The molecule has 0 unspecified atom stereocenters. The molecule has 0 saturated carbocycles. The van der Waals surface area contributed by atoms with Crippen molar-refractivity contribution in [2.45, 2.75) is 13.3 Å². The molecule has 0 aromatic carbocycles. The maximum atomic E-state index is 10.8. The summed E-state index contributed by atoms with van der Waals surface area (Å²) in [5.74, 6) is -0.870. The molecule has 0 spiro atoms. The topological polar surface area (TPSA) is 67.5 Å². The minimum atomic E-state index is -0.870. The van der Waals surface area contributed by atoms with Crippen LogP contribution < -0.4 is 0 Å². The van der Waals surface area contributed by atoms with Crippen molar-refractivity contribution in [1.82, 2.24) is 14.6 Å². The highest BCUT2D eigenvalue weighted by Crippen LogP contribution is 2.30. The number of imidazole rings is 1. The van der Waals surface area contributed by atoms with E-state index in [1.165, 1.54) is 11.3 Å². The number of hydrogen-bond acceptors (Lipinski definition) is 5. The molecular formula is C11H9N3O2S2. The van der Waals surface area contributed by atoms with Crippen LogP contribution in [0.1, 0.15) is 11.4 Å². The Morgan fingerprint density at radius 3 is 3.06 bits per heavy atom. The summed E-state index contributed by atoms with van der Waals surface area (Å²) in [7, 11) is 0. The van der Waals surface area contributed by atoms with E-state index < -0.39 is 5.97 Å². The highest BCUT2D eigenvalue weighted by molar-refractivity contribution is 7.23. The average molecular weight is 279 g/mol. The first-order valence-electron chi connectivity index (χ1n) is 5.26. The molecule has 3 aromatic rings. The van der Waals surface area contributed by atoms with Crippen molar-refractivity contribution in [3.63, 3.8) is 0 Å². The average Bonchev–Trinajstić information content (AvgIpc) is 2.96. The van der Waals surface area contributed by atoms with E-state index >= 15 is 0 Å². The number of rotatable bonds is 3. The molecule has 7 heteroatoms. The van der Waals surface area contributed by atoms with Crippen LogP contribution in [0.5, 0.6) is 0 Å². The first-order valence-corrected chi connectivity index (χ1v) is 6.95. The zero-order valence-corrected chi connectivity index (χ0v) is 11.1. The van der Waals surface area contributed by atoms with Crippen molar-refractivity contribution in [2.75, 3.05) is 0 Å². The lowest BCUT2D eigenvalue weighted by atomic mass is 10.3. The fourth-order valence-corrected chi connectivity index (χ4v) is 3.49. The first kappa shape index (κ1) is 11.4. The molecule has 0 aliphatic rings. The zero-order chi connectivity index (χ0) is 12.7. The summed E-state index contributed by atoms with van der Waals surface area (Å²) in [5, 5.41) is 16.2. The number of aromatic nitrogens is 3. The summed E-state index contributed by atoms with van der Waals surface area (Å²) in [6, 6.07) is 3.96. The largest absolute Gasteiger partial charge is 0.481 e. The van der Waals surface area contributed by atoms with Gasteiger partial charge in [0.1, 0.15) is 0 Å². The molecule has 3 heterocycles. The minimum absolute atomic E-state index is 0.0549. The second-order valence-corrected chi connectivity index (χ2v) is 5.70. The van der Waals surface area contributed by atoms with Crippen molar-refractivity contribution in [3.05, 3.63) is 28.9 Å². The van der Waals surface area contributed by atoms with Gasteiger partial charge in [-0.1, -0.05) is 17.4 Å². The van der Waals surface area contributed by atoms with E-state index in [1.807, 2.05) is 24.4 Å². The Hall–Kier alpha value is -1.73. The fourth-order valence-electron chi connectivity index (χ4n) is 1.74. The SMILES string of the molecule is Cc1nc2sc(-c3cccs3)nn2c1CC(=O)O. The van der Waals surface area contributed by atoms with Crippen molar-refractivity contribution in [1.29, 1.82) is 0 Å². The Morgan fingerprint density at radius 1 is 1.56 bits per heavy atom. The highest BCUT2D eigenvalue weighted by Gasteiger charge is 2.17. The second kappa shape index (κ2) is 4.18. The smallest absolute Gasteiger partial charge is 0.309 e. The number of nitrogens with zero attached hydrogens (tertiary/aromatic N) is 3. The normalized spacial score (nSPS) is 11.2. The van der Waals surface area contributed by atoms with Crippen LogP contribution in [0.4, 0.5) is 0 Å². The van der Waals surface area contributed by atoms with Crippen LogP contribution in [0, 0.1) is 6.92 Å². The summed E-state index contributed by atoms with van der Waals surface area (Å²) >= 11 is 3.08. The summed E-state index contributed by atoms with van der Waals surface area (Å²) < 4.78 is 1.64. The number of aryl methyl sites for hydroxylation is 1. The third-order valence-corrected chi connectivity index (χ3v) is 4.49. The maximum absolute atomic E-state index is 10.8. The van der Waals surface area contributed by atoms with E-state index in [0.717, 1.165) is 20.5 Å². The predicted molar refractivity (Wildman–Crippen MR) is 70.3 cm³/mol. The molecule has 0 fully saturated rings. The van der Waals surface area contributed by atoms with Crippen LogP contribution in [0.25, 0.3) is 14.8 Å². The van der Waals surface area contributed by atoms with Gasteiger partial charge < -0.3 is 5.11 Å². The third kappa shape index (κ3) is 1.81. The van der Waals surface area contributed by atoms with E-state index in [-0.39, 0.29) is 6.42 Å². The molecule has 3 aromatic heterocycles. The van der Waals surface area contributed by atoms with Gasteiger partial charge in [0.15, 0.2) is 5.01 Å². The number of carbonyl (C=O) groups is 1. The van der Waals surface area contributed by atoms with Gasteiger partial charge in [0.05, 0.1) is 22.7 Å². The standard InChI is InChI=1S/C11H9N3O2S2/c1-6-7(5-9(15)16)14-11(12-6)18-10(13-14)8-3-2-4-17-8/h2-4H,5H2,1H3,(H,15,16). The summed E-state index contributed by atoms with van der Waals surface area (Å²) in [6.07, 6.45) is -0.0549. The number of carboxylic acids is 1. The maximum Gasteiger partial charge on any atom is 0.309 e. The molecule has 18 heavy (non-hydrogen) atoms. The van der Waals surface area contributed by atoms with Crippen LogP contribution in [0.15, 0.2) is 17.5 Å². The quantitative estimate of drug-likeness (QED) is 0.799. The Balaban J connectivity index is 2.13. The molecule has 0 bridgehead atoms. The van der Waals surface area contributed by atoms with Gasteiger partial charge in [-0.2, -0.15) is 5.10 Å². The van der Waals surface area contributed by atoms with Crippen LogP contribution in [-0.4, -0.2) is 25.7 Å². The van der Waals surface area contributed by atoms with Gasteiger partial charge in [0.25, 0.3) is 0 Å². The fraction of sp³-hybridized carbons (Fsp3) is 0.182. The number of fused-ring (bicyclic) bond motifs is 1. The number of carboxylic acid groups (broad SMARTS) is 1. The zero-order valence-electron chi connectivity index (χ0n) is 9.45. The highest BCUT2D eigenvalue weighted by atomic mass is 32.1. The van der Waals surface area contributed by atoms with Crippen LogP contribution in [-0.2, 0) is 11.2 Å². The summed E-state index contributed by atoms with van der Waals surface area (Å²) in [4.78, 5) is 17.0. The van der Waals surface area contributed by atoms with Crippen molar-refractivity contribution in [2.24, 2.45) is 0 Å². The van der Waals surface area contributed by atoms with E-state index in [9.17, 15) is 4.79 Å². The molecule has 0 amide bonds. The lowest BCUT2D eigenvalue weighted by Crippen LogP contribution is -2.05. The Bertz CT molecular complexity index is 712. The van der Waals surface area contributed by atoms with Crippen LogP contribution in [0.2, 0.25) is 0 Å². The van der Waals surface area contributed by atoms with E-state index in [2.05, 4.69) is 10.1 Å². The van der Waals surface area contributed by atoms with Crippen molar-refractivity contribution >= 4 is 33.6 Å². The lowest BCUT2D eigenvalue weighted by Gasteiger charge is -1.95. The van der Waals surface area contributed by atoms with Gasteiger partial charge in [0, 0.05) is 0 Å². The number of thiophene rings is 1. The van der Waals surface area contributed by atoms with Crippen molar-refractivity contribution in [3.8, 4) is 9.88 Å². The molecule has 0 aliphatic heterocycles. The summed E-state index contributed by atoms with van der Waals surface area (Å²) in [5.41, 5.74) is 1.38. The van der Waals surface area contributed by atoms with Gasteiger partial charge in [-0.05, 0) is 18.4 Å². The Morgan fingerprint density at radius 2 is 2.39 bits per heavy atom. The number of aliphatic carboxylic acids is 1. The van der Waals surface area contributed by atoms with Gasteiger partial charge in [-0.3, -0.25) is 4.79 Å². The van der Waals surface area contributed by atoms with Crippen LogP contribution >= 0.6 is 22.7 Å². The molecule has 0 aliphatic carbocycles. The molecule has 0 atom stereocenters. The number of hydrogen-bond donors (Lipinski definition) is 1. The van der Waals surface area contributed by atoms with E-state index in [0.29, 0.717) is 5.69 Å².